The van der Waals surface area contributed by atoms with Crippen molar-refractivity contribution < 1.29 is 27.8 Å². The number of hydrogen-bond donors (Lipinski definition) is 1. The van der Waals surface area contributed by atoms with Crippen molar-refractivity contribution in [2.45, 2.75) is 11.8 Å². The third-order valence-electron chi connectivity index (χ3n) is 3.49. The standard InChI is InChI=1S/C15H11F3O3/c1-20-9-6-7-11-13(8-9)21-12-5-3-2-4-10(12)14(11,19)15(16,17)18/h2-8,19H,1H3. The zero-order chi connectivity index (χ0) is 15.3. The number of alkyl halides is 3. The van der Waals surface area contributed by atoms with Crippen molar-refractivity contribution in [1.82, 2.24) is 0 Å². The molecule has 0 amide bonds. The number of rotatable bonds is 1. The van der Waals surface area contributed by atoms with Crippen molar-refractivity contribution in [3.05, 3.63) is 53.6 Å². The Hall–Kier alpha value is -2.21. The van der Waals surface area contributed by atoms with E-state index in [1.165, 1.54) is 37.4 Å². The Morgan fingerprint density at radius 1 is 1.05 bits per heavy atom. The summed E-state index contributed by atoms with van der Waals surface area (Å²) < 4.78 is 51.0. The number of methoxy groups -OCH3 is 1. The summed E-state index contributed by atoms with van der Waals surface area (Å²) in [6.07, 6.45) is -4.88. The molecule has 3 rings (SSSR count). The smallest absolute Gasteiger partial charge is 0.426 e. The van der Waals surface area contributed by atoms with Crippen molar-refractivity contribution in [1.29, 1.82) is 0 Å². The number of halogens is 3. The van der Waals surface area contributed by atoms with Crippen LogP contribution in [0.1, 0.15) is 11.1 Å². The van der Waals surface area contributed by atoms with E-state index in [1.54, 1.807) is 6.07 Å². The van der Waals surface area contributed by atoms with Gasteiger partial charge in [0.1, 0.15) is 17.2 Å². The molecule has 2 aromatic rings. The van der Waals surface area contributed by atoms with Gasteiger partial charge in [-0.1, -0.05) is 18.2 Å². The van der Waals surface area contributed by atoms with Gasteiger partial charge in [-0.2, -0.15) is 13.2 Å². The van der Waals surface area contributed by atoms with E-state index in [0.29, 0.717) is 5.75 Å². The summed E-state index contributed by atoms with van der Waals surface area (Å²) in [5.74, 6) is 0.239. The highest BCUT2D eigenvalue weighted by Gasteiger charge is 2.60. The summed E-state index contributed by atoms with van der Waals surface area (Å²) >= 11 is 0. The van der Waals surface area contributed by atoms with Crippen molar-refractivity contribution in [2.24, 2.45) is 0 Å². The molecule has 1 unspecified atom stereocenters. The highest BCUT2D eigenvalue weighted by atomic mass is 19.4. The average Bonchev–Trinajstić information content (AvgIpc) is 2.45. The fourth-order valence-corrected chi connectivity index (χ4v) is 2.44. The summed E-state index contributed by atoms with van der Waals surface area (Å²) in [6.45, 7) is 0. The van der Waals surface area contributed by atoms with E-state index >= 15 is 0 Å². The van der Waals surface area contributed by atoms with Crippen LogP contribution in [0.5, 0.6) is 17.2 Å². The van der Waals surface area contributed by atoms with Crippen LogP contribution in [0.3, 0.4) is 0 Å². The molecule has 3 nitrogen and oxygen atoms in total. The number of para-hydroxylation sites is 1. The second-order valence-corrected chi connectivity index (χ2v) is 4.67. The molecule has 0 radical (unpaired) electrons. The van der Waals surface area contributed by atoms with Crippen LogP contribution in [0, 0.1) is 0 Å². The van der Waals surface area contributed by atoms with Crippen LogP contribution in [0.2, 0.25) is 0 Å². The van der Waals surface area contributed by atoms with Crippen LogP contribution in [-0.2, 0) is 5.60 Å². The summed E-state index contributed by atoms with van der Waals surface area (Å²) in [4.78, 5) is 0. The number of benzene rings is 2. The van der Waals surface area contributed by atoms with Crippen molar-refractivity contribution >= 4 is 0 Å². The minimum Gasteiger partial charge on any atom is -0.497 e. The molecule has 110 valence electrons. The number of hydrogen-bond acceptors (Lipinski definition) is 3. The number of fused-ring (bicyclic) bond motifs is 2. The summed E-state index contributed by atoms with van der Waals surface area (Å²) in [6, 6.07) is 9.39. The zero-order valence-electron chi connectivity index (χ0n) is 10.9. The maximum atomic E-state index is 13.5. The SMILES string of the molecule is COc1ccc2c(c1)Oc1ccccc1C2(O)C(F)(F)F. The average molecular weight is 296 g/mol. The van der Waals surface area contributed by atoms with Crippen LogP contribution in [0.25, 0.3) is 0 Å². The van der Waals surface area contributed by atoms with Gasteiger partial charge in [-0.05, 0) is 18.2 Å². The fourth-order valence-electron chi connectivity index (χ4n) is 2.44. The van der Waals surface area contributed by atoms with Gasteiger partial charge in [0.2, 0.25) is 5.60 Å². The van der Waals surface area contributed by atoms with E-state index in [2.05, 4.69) is 0 Å². The van der Waals surface area contributed by atoms with E-state index in [-0.39, 0.29) is 22.6 Å². The van der Waals surface area contributed by atoms with Gasteiger partial charge >= 0.3 is 6.18 Å². The first-order valence-electron chi connectivity index (χ1n) is 6.13. The van der Waals surface area contributed by atoms with Crippen molar-refractivity contribution in [2.75, 3.05) is 7.11 Å². The maximum Gasteiger partial charge on any atom is 0.426 e. The number of ether oxygens (including phenoxy) is 2. The van der Waals surface area contributed by atoms with Gasteiger partial charge in [-0.25, -0.2) is 0 Å². The lowest BCUT2D eigenvalue weighted by molar-refractivity contribution is -0.250. The molecule has 1 aliphatic rings. The monoisotopic (exact) mass is 296 g/mol. The molecule has 0 saturated heterocycles. The first kappa shape index (κ1) is 13.8. The van der Waals surface area contributed by atoms with Gasteiger partial charge in [-0.3, -0.25) is 0 Å². The largest absolute Gasteiger partial charge is 0.497 e. The Balaban J connectivity index is 2.30. The third-order valence-corrected chi connectivity index (χ3v) is 3.49. The van der Waals surface area contributed by atoms with E-state index < -0.39 is 11.8 Å². The third kappa shape index (κ3) is 1.86. The molecule has 0 spiro atoms. The lowest BCUT2D eigenvalue weighted by Crippen LogP contribution is -2.45. The van der Waals surface area contributed by atoms with Gasteiger partial charge in [-0.15, -0.1) is 0 Å². The molecule has 0 bridgehead atoms. The molecule has 0 fully saturated rings. The molecule has 21 heavy (non-hydrogen) atoms. The summed E-state index contributed by atoms with van der Waals surface area (Å²) in [7, 11) is 1.40. The topological polar surface area (TPSA) is 38.7 Å². The molecule has 2 aromatic carbocycles. The van der Waals surface area contributed by atoms with E-state index in [9.17, 15) is 18.3 Å². The van der Waals surface area contributed by atoms with Crippen LogP contribution < -0.4 is 9.47 Å². The molecule has 0 aliphatic carbocycles. The van der Waals surface area contributed by atoms with E-state index in [1.807, 2.05) is 0 Å². The van der Waals surface area contributed by atoms with E-state index in [0.717, 1.165) is 6.07 Å². The van der Waals surface area contributed by atoms with Gasteiger partial charge in [0.25, 0.3) is 0 Å². The summed E-state index contributed by atoms with van der Waals surface area (Å²) in [5, 5.41) is 10.4. The Bertz CT molecular complexity index is 697. The highest BCUT2D eigenvalue weighted by Crippen LogP contribution is 2.54. The summed E-state index contributed by atoms with van der Waals surface area (Å²) in [5.41, 5.74) is -3.78. The molecular weight excluding hydrogens is 285 g/mol. The molecular formula is C15H11F3O3. The van der Waals surface area contributed by atoms with Gasteiger partial charge in [0.15, 0.2) is 0 Å². The minimum absolute atomic E-state index is 0.0296. The molecule has 0 saturated carbocycles. The molecule has 1 N–H and O–H groups in total. The fraction of sp³-hybridized carbons (Fsp3) is 0.200. The lowest BCUT2D eigenvalue weighted by atomic mass is 9.82. The predicted octanol–water partition coefficient (Wildman–Crippen LogP) is 3.60. The predicted molar refractivity (Wildman–Crippen MR) is 68.6 cm³/mol. The van der Waals surface area contributed by atoms with Gasteiger partial charge in [0, 0.05) is 17.2 Å². The zero-order valence-corrected chi connectivity index (χ0v) is 10.9. The van der Waals surface area contributed by atoms with Crippen LogP contribution in [0.4, 0.5) is 13.2 Å². The second-order valence-electron chi connectivity index (χ2n) is 4.67. The molecule has 1 atom stereocenters. The van der Waals surface area contributed by atoms with Gasteiger partial charge in [0.05, 0.1) is 7.11 Å². The molecule has 1 aliphatic heterocycles. The maximum absolute atomic E-state index is 13.5. The molecule has 1 heterocycles. The van der Waals surface area contributed by atoms with Crippen molar-refractivity contribution in [3.8, 4) is 17.2 Å². The van der Waals surface area contributed by atoms with Gasteiger partial charge < -0.3 is 14.6 Å². The first-order chi connectivity index (χ1) is 9.88. The quantitative estimate of drug-likeness (QED) is 0.874. The lowest BCUT2D eigenvalue weighted by Gasteiger charge is -2.37. The normalized spacial score (nSPS) is 20.2. The molecule has 6 heteroatoms. The number of aliphatic hydroxyl groups is 1. The van der Waals surface area contributed by atoms with Crippen LogP contribution in [0.15, 0.2) is 42.5 Å². The Morgan fingerprint density at radius 3 is 2.38 bits per heavy atom. The highest BCUT2D eigenvalue weighted by molar-refractivity contribution is 5.58. The van der Waals surface area contributed by atoms with Crippen molar-refractivity contribution in [3.63, 3.8) is 0 Å². The molecule has 0 aromatic heterocycles. The van der Waals surface area contributed by atoms with Crippen LogP contribution in [-0.4, -0.2) is 18.4 Å². The van der Waals surface area contributed by atoms with Crippen LogP contribution >= 0.6 is 0 Å². The first-order valence-corrected chi connectivity index (χ1v) is 6.13. The van der Waals surface area contributed by atoms with E-state index in [4.69, 9.17) is 9.47 Å². The minimum atomic E-state index is -4.88. The Morgan fingerprint density at radius 2 is 1.71 bits per heavy atom. The second kappa shape index (κ2) is 4.39. The Labute approximate surface area is 118 Å². The Kier molecular flexibility index (Phi) is 2.88.